The number of carbonyl (C=O) groups is 1. The summed E-state index contributed by atoms with van der Waals surface area (Å²) in [6.07, 6.45) is 3.42. The normalized spacial score (nSPS) is 14.4. The van der Waals surface area contributed by atoms with Crippen LogP contribution in [0.25, 0.3) is 32.6 Å². The van der Waals surface area contributed by atoms with Gasteiger partial charge in [0.15, 0.2) is 17.3 Å². The third kappa shape index (κ3) is 4.95. The molecule has 1 N–H and O–H groups in total. The summed E-state index contributed by atoms with van der Waals surface area (Å²) in [4.78, 5) is 31.2. The molecule has 4 aromatic rings. The van der Waals surface area contributed by atoms with Crippen molar-refractivity contribution in [3.05, 3.63) is 36.0 Å². The number of anilines is 1. The third-order valence-electron chi connectivity index (χ3n) is 6.96. The maximum atomic E-state index is 12.1. The number of benzene rings is 1. The summed E-state index contributed by atoms with van der Waals surface area (Å²) in [7, 11) is 0. The molecule has 0 saturated carbocycles. The molecule has 3 aromatic heterocycles. The molecule has 1 aliphatic heterocycles. The van der Waals surface area contributed by atoms with E-state index in [0.717, 1.165) is 54.0 Å². The lowest BCUT2D eigenvalue weighted by atomic mass is 10.1. The van der Waals surface area contributed by atoms with Crippen LogP contribution in [-0.4, -0.2) is 73.5 Å². The van der Waals surface area contributed by atoms with Crippen molar-refractivity contribution >= 4 is 44.3 Å². The average molecular weight is 506 g/mol. The summed E-state index contributed by atoms with van der Waals surface area (Å²) < 4.78 is 3.27. The zero-order valence-corrected chi connectivity index (χ0v) is 22.4. The van der Waals surface area contributed by atoms with Crippen LogP contribution >= 0.6 is 11.3 Å². The zero-order valence-electron chi connectivity index (χ0n) is 21.6. The van der Waals surface area contributed by atoms with E-state index in [9.17, 15) is 4.79 Å². The van der Waals surface area contributed by atoms with Gasteiger partial charge in [0.1, 0.15) is 5.52 Å². The van der Waals surface area contributed by atoms with Crippen LogP contribution in [0.15, 0.2) is 36.0 Å². The Morgan fingerprint density at radius 2 is 1.92 bits per heavy atom. The Kier molecular flexibility index (Phi) is 7.20. The highest BCUT2D eigenvalue weighted by atomic mass is 32.1. The van der Waals surface area contributed by atoms with Crippen LogP contribution in [0.1, 0.15) is 40.5 Å². The van der Waals surface area contributed by atoms with Crippen LogP contribution in [0.5, 0.6) is 0 Å². The van der Waals surface area contributed by atoms with Gasteiger partial charge in [-0.1, -0.05) is 18.2 Å². The Bertz CT molecular complexity index is 1350. The average Bonchev–Trinajstić information content (AvgIpc) is 3.58. The number of carbonyl (C=O) groups excluding carboxylic acids is 1. The van der Waals surface area contributed by atoms with Crippen LogP contribution in [0.2, 0.25) is 0 Å². The van der Waals surface area contributed by atoms with E-state index in [1.807, 2.05) is 11.2 Å². The Morgan fingerprint density at radius 3 is 2.67 bits per heavy atom. The van der Waals surface area contributed by atoms with Gasteiger partial charge in [-0.2, -0.15) is 0 Å². The van der Waals surface area contributed by atoms with E-state index < -0.39 is 0 Å². The van der Waals surface area contributed by atoms with Gasteiger partial charge in [0.2, 0.25) is 5.91 Å². The molecule has 1 saturated heterocycles. The van der Waals surface area contributed by atoms with Crippen molar-refractivity contribution in [3.8, 4) is 11.4 Å². The van der Waals surface area contributed by atoms with E-state index in [4.69, 9.17) is 15.0 Å². The first-order valence-electron chi connectivity index (χ1n) is 12.9. The van der Waals surface area contributed by atoms with Crippen molar-refractivity contribution in [3.63, 3.8) is 0 Å². The number of hydrogen-bond donors (Lipinski definition) is 1. The summed E-state index contributed by atoms with van der Waals surface area (Å²) in [5.74, 6) is 1.70. The van der Waals surface area contributed by atoms with E-state index in [1.165, 1.54) is 4.70 Å². The lowest BCUT2D eigenvalue weighted by molar-refractivity contribution is -0.127. The third-order valence-corrected chi connectivity index (χ3v) is 7.92. The molecule has 190 valence electrons. The van der Waals surface area contributed by atoms with E-state index >= 15 is 0 Å². The first-order valence-corrected chi connectivity index (χ1v) is 13.8. The number of nitrogens with zero attached hydrogens (tertiary/aromatic N) is 6. The van der Waals surface area contributed by atoms with Gasteiger partial charge < -0.3 is 14.8 Å². The maximum Gasteiger partial charge on any atom is 0.222 e. The molecule has 36 heavy (non-hydrogen) atoms. The summed E-state index contributed by atoms with van der Waals surface area (Å²) in [5, 5.41) is 6.86. The van der Waals surface area contributed by atoms with Crippen LogP contribution in [0.3, 0.4) is 0 Å². The molecule has 1 aromatic carbocycles. The second-order valence-corrected chi connectivity index (χ2v) is 10.9. The summed E-state index contributed by atoms with van der Waals surface area (Å²) in [6, 6.07) is 9.31. The number of amides is 1. The molecule has 0 bridgehead atoms. The molecule has 0 atom stereocenters. The fourth-order valence-corrected chi connectivity index (χ4v) is 6.03. The topological polar surface area (TPSA) is 79.2 Å². The van der Waals surface area contributed by atoms with E-state index in [1.54, 1.807) is 11.3 Å². The first kappa shape index (κ1) is 24.6. The summed E-state index contributed by atoms with van der Waals surface area (Å²) in [5.41, 5.74) is 2.61. The molecular weight excluding hydrogens is 470 g/mol. The zero-order chi connectivity index (χ0) is 25.2. The number of thiophene rings is 1. The SMILES string of the molecule is CC(C)N(CCNc1nc(-c2csc3ccccc23)nc2c1ncn2CCN1CCCC1=O)C(C)C. The molecular formula is C27H35N7OS. The Balaban J connectivity index is 1.48. The Morgan fingerprint density at radius 1 is 1.11 bits per heavy atom. The molecule has 8 nitrogen and oxygen atoms in total. The lowest BCUT2D eigenvalue weighted by Gasteiger charge is -2.30. The second-order valence-electron chi connectivity index (χ2n) is 9.99. The molecule has 1 fully saturated rings. The molecule has 0 radical (unpaired) electrons. The van der Waals surface area contributed by atoms with E-state index in [0.29, 0.717) is 37.4 Å². The minimum Gasteiger partial charge on any atom is -0.367 e. The van der Waals surface area contributed by atoms with Crippen molar-refractivity contribution in [1.82, 2.24) is 29.3 Å². The first-order chi connectivity index (χ1) is 17.4. The maximum absolute atomic E-state index is 12.1. The van der Waals surface area contributed by atoms with Gasteiger partial charge in [-0.25, -0.2) is 15.0 Å². The number of rotatable bonds is 10. The van der Waals surface area contributed by atoms with Gasteiger partial charge in [0.25, 0.3) is 0 Å². The highest BCUT2D eigenvalue weighted by Gasteiger charge is 2.21. The van der Waals surface area contributed by atoms with Crippen molar-refractivity contribution < 1.29 is 4.79 Å². The van der Waals surface area contributed by atoms with Gasteiger partial charge in [-0.15, -0.1) is 11.3 Å². The molecule has 4 heterocycles. The quantitative estimate of drug-likeness (QED) is 0.332. The summed E-state index contributed by atoms with van der Waals surface area (Å²) >= 11 is 1.71. The van der Waals surface area contributed by atoms with E-state index in [2.05, 4.69) is 72.1 Å². The second kappa shape index (κ2) is 10.5. The standard InChI is InChI=1S/C27H35N7OS/c1-18(2)34(19(3)4)13-11-28-26-24-27(33(17-29-24)15-14-32-12-7-10-23(32)35)31-25(30-26)21-16-36-22-9-6-5-8-20(21)22/h5-6,8-9,16-19H,7,10-15H2,1-4H3,(H,28,30,31). The smallest absolute Gasteiger partial charge is 0.222 e. The highest BCUT2D eigenvalue weighted by molar-refractivity contribution is 7.17. The van der Waals surface area contributed by atoms with Crippen LogP contribution in [0.4, 0.5) is 5.82 Å². The fraction of sp³-hybridized carbons (Fsp3) is 0.481. The number of imidazole rings is 1. The monoisotopic (exact) mass is 505 g/mol. The van der Waals surface area contributed by atoms with E-state index in [-0.39, 0.29) is 5.91 Å². The minimum absolute atomic E-state index is 0.238. The van der Waals surface area contributed by atoms with Crippen LogP contribution in [0, 0.1) is 0 Å². The van der Waals surface area contributed by atoms with Crippen molar-refractivity contribution in [2.45, 2.75) is 59.2 Å². The van der Waals surface area contributed by atoms with Crippen LogP contribution in [-0.2, 0) is 11.3 Å². The largest absolute Gasteiger partial charge is 0.367 e. The molecule has 1 amide bonds. The number of nitrogens with one attached hydrogen (secondary N) is 1. The Labute approximate surface area is 216 Å². The van der Waals surface area contributed by atoms with Crippen molar-refractivity contribution in [1.29, 1.82) is 0 Å². The highest BCUT2D eigenvalue weighted by Crippen LogP contribution is 2.34. The number of likely N-dealkylation sites (tertiary alicyclic amines) is 1. The van der Waals surface area contributed by atoms with Gasteiger partial charge in [-0.05, 0) is 40.2 Å². The number of fused-ring (bicyclic) bond motifs is 2. The predicted octanol–water partition coefficient (Wildman–Crippen LogP) is 4.86. The fourth-order valence-electron chi connectivity index (χ4n) is 5.09. The molecule has 0 aliphatic carbocycles. The molecule has 9 heteroatoms. The molecule has 0 unspecified atom stereocenters. The van der Waals surface area contributed by atoms with Gasteiger partial charge in [0, 0.05) is 72.3 Å². The molecule has 0 spiro atoms. The Hall–Kier alpha value is -3.04. The predicted molar refractivity (Wildman–Crippen MR) is 147 cm³/mol. The number of aromatic nitrogens is 4. The van der Waals surface area contributed by atoms with Crippen molar-refractivity contribution in [2.24, 2.45) is 0 Å². The van der Waals surface area contributed by atoms with Crippen LogP contribution < -0.4 is 5.32 Å². The van der Waals surface area contributed by atoms with Gasteiger partial charge in [-0.3, -0.25) is 9.69 Å². The van der Waals surface area contributed by atoms with Gasteiger partial charge in [0.05, 0.1) is 6.33 Å². The molecule has 1 aliphatic rings. The van der Waals surface area contributed by atoms with Crippen molar-refractivity contribution in [2.75, 3.05) is 31.5 Å². The van der Waals surface area contributed by atoms with Gasteiger partial charge >= 0.3 is 0 Å². The summed E-state index contributed by atoms with van der Waals surface area (Å²) in [6.45, 7) is 12.8. The minimum atomic E-state index is 0.238. The molecule has 5 rings (SSSR count). The lowest BCUT2D eigenvalue weighted by Crippen LogP contribution is -2.40. The number of hydrogen-bond acceptors (Lipinski definition) is 7.